The summed E-state index contributed by atoms with van der Waals surface area (Å²) in [6, 6.07) is 12.1. The minimum atomic E-state index is -3.65. The predicted molar refractivity (Wildman–Crippen MR) is 126 cm³/mol. The first-order valence-electron chi connectivity index (χ1n) is 11.4. The summed E-state index contributed by atoms with van der Waals surface area (Å²) in [5.41, 5.74) is 2.68. The van der Waals surface area contributed by atoms with Gasteiger partial charge in [-0.1, -0.05) is 24.8 Å². The van der Waals surface area contributed by atoms with Crippen LogP contribution >= 0.6 is 0 Å². The molecule has 2 aliphatic heterocycles. The Morgan fingerprint density at radius 1 is 1.12 bits per heavy atom. The van der Waals surface area contributed by atoms with Crippen LogP contribution in [0.25, 0.3) is 0 Å². The molecule has 9 heteroatoms. The third-order valence-electron chi connectivity index (χ3n) is 6.88. The number of rotatable bonds is 8. The maximum Gasteiger partial charge on any atom is 0.251 e. The van der Waals surface area contributed by atoms with Crippen LogP contribution < -0.4 is 15.4 Å². The maximum atomic E-state index is 13.0. The molecule has 34 heavy (non-hydrogen) atoms. The van der Waals surface area contributed by atoms with E-state index in [4.69, 9.17) is 4.74 Å². The number of amides is 2. The third kappa shape index (κ3) is 4.21. The van der Waals surface area contributed by atoms with Crippen molar-refractivity contribution in [3.63, 3.8) is 0 Å². The number of nitrogens with zero attached hydrogens (tertiary/aromatic N) is 1. The van der Waals surface area contributed by atoms with Gasteiger partial charge in [0.15, 0.2) is 0 Å². The molecule has 0 bridgehead atoms. The fraction of sp³-hybridized carbons (Fsp3) is 0.360. The van der Waals surface area contributed by atoms with E-state index in [1.165, 1.54) is 40.2 Å². The monoisotopic (exact) mass is 481 g/mol. The van der Waals surface area contributed by atoms with Gasteiger partial charge in [-0.25, -0.2) is 8.42 Å². The number of hydrogen-bond donors (Lipinski definition) is 2. The fourth-order valence-electron chi connectivity index (χ4n) is 4.94. The second-order valence-corrected chi connectivity index (χ2v) is 10.9. The third-order valence-corrected chi connectivity index (χ3v) is 8.73. The number of nitrogens with one attached hydrogen (secondary N) is 2. The van der Waals surface area contributed by atoms with Crippen LogP contribution in [0.2, 0.25) is 0 Å². The molecular weight excluding hydrogens is 454 g/mol. The lowest BCUT2D eigenvalue weighted by molar-refractivity contribution is -0.116. The van der Waals surface area contributed by atoms with Crippen molar-refractivity contribution in [1.29, 1.82) is 0 Å². The van der Waals surface area contributed by atoms with E-state index in [0.717, 1.165) is 17.7 Å². The topological polar surface area (TPSA) is 105 Å². The summed E-state index contributed by atoms with van der Waals surface area (Å²) >= 11 is 0. The molecule has 2 atom stereocenters. The molecule has 1 saturated heterocycles. The number of piperidine rings is 1. The Labute approximate surface area is 199 Å². The SMILES string of the molecule is C=CC(=O)NC1C2CN(S(=O)(=O)c3ccc(C(=O)NCCc4cccc5c4OCC5)cc3)CC21. The van der Waals surface area contributed by atoms with Crippen molar-refractivity contribution in [1.82, 2.24) is 14.9 Å². The highest BCUT2D eigenvalue weighted by Gasteiger charge is 2.58. The van der Waals surface area contributed by atoms with E-state index in [2.05, 4.69) is 23.3 Å². The zero-order valence-corrected chi connectivity index (χ0v) is 19.5. The average Bonchev–Trinajstić information content (AvgIpc) is 3.21. The fourth-order valence-corrected chi connectivity index (χ4v) is 6.46. The number of carbonyl (C=O) groups is 2. The molecule has 2 fully saturated rings. The van der Waals surface area contributed by atoms with Crippen LogP contribution in [-0.4, -0.2) is 56.8 Å². The van der Waals surface area contributed by atoms with Crippen LogP contribution in [0.5, 0.6) is 5.75 Å². The summed E-state index contributed by atoms with van der Waals surface area (Å²) in [6.07, 6.45) is 2.80. The van der Waals surface area contributed by atoms with Gasteiger partial charge in [-0.15, -0.1) is 0 Å². The Morgan fingerprint density at radius 3 is 2.56 bits per heavy atom. The smallest absolute Gasteiger partial charge is 0.251 e. The highest BCUT2D eigenvalue weighted by Crippen LogP contribution is 2.47. The summed E-state index contributed by atoms with van der Waals surface area (Å²) in [6.45, 7) is 5.35. The molecular formula is C25H27N3O5S. The van der Waals surface area contributed by atoms with Gasteiger partial charge in [0, 0.05) is 37.7 Å². The minimum Gasteiger partial charge on any atom is -0.493 e. The normalized spacial score (nSPS) is 22.9. The molecule has 2 heterocycles. The number of carbonyl (C=O) groups excluding carboxylic acids is 2. The molecule has 3 aliphatic rings. The Balaban J connectivity index is 1.15. The number of para-hydroxylation sites is 1. The highest BCUT2D eigenvalue weighted by atomic mass is 32.2. The Morgan fingerprint density at radius 2 is 1.85 bits per heavy atom. The summed E-state index contributed by atoms with van der Waals surface area (Å²) in [5.74, 6) is 0.726. The van der Waals surface area contributed by atoms with Gasteiger partial charge in [0.2, 0.25) is 15.9 Å². The second-order valence-electron chi connectivity index (χ2n) is 8.92. The van der Waals surface area contributed by atoms with E-state index in [1.807, 2.05) is 12.1 Å². The van der Waals surface area contributed by atoms with Crippen molar-refractivity contribution >= 4 is 21.8 Å². The summed E-state index contributed by atoms with van der Waals surface area (Å²) < 4.78 is 33.2. The molecule has 2 aromatic carbocycles. The van der Waals surface area contributed by atoms with Crippen molar-refractivity contribution in [3.05, 3.63) is 71.8 Å². The van der Waals surface area contributed by atoms with Crippen molar-refractivity contribution in [2.24, 2.45) is 11.8 Å². The Kier molecular flexibility index (Phi) is 5.91. The molecule has 2 N–H and O–H groups in total. The lowest BCUT2D eigenvalue weighted by Crippen LogP contribution is -2.37. The summed E-state index contributed by atoms with van der Waals surface area (Å²) in [5, 5.41) is 5.74. The Hall–Kier alpha value is -3.17. The standard InChI is InChI=1S/C25H27N3O5S/c1-2-22(29)27-23-20-14-28(15-21(20)23)34(31,32)19-8-6-18(7-9-19)25(30)26-12-10-16-4-3-5-17-11-13-33-24(16)17/h2-9,20-21,23H,1,10-15H2,(H,26,30)(H,27,29). The van der Waals surface area contributed by atoms with Crippen LogP contribution in [0.1, 0.15) is 21.5 Å². The van der Waals surface area contributed by atoms with Crippen molar-refractivity contribution in [2.45, 2.75) is 23.8 Å². The van der Waals surface area contributed by atoms with Gasteiger partial charge in [0.25, 0.3) is 5.91 Å². The van der Waals surface area contributed by atoms with Gasteiger partial charge >= 0.3 is 0 Å². The molecule has 5 rings (SSSR count). The van der Waals surface area contributed by atoms with E-state index in [0.29, 0.717) is 38.2 Å². The summed E-state index contributed by atoms with van der Waals surface area (Å²) in [4.78, 5) is 24.2. The van der Waals surface area contributed by atoms with Gasteiger partial charge in [0.1, 0.15) is 5.75 Å². The first-order valence-corrected chi connectivity index (χ1v) is 12.9. The molecule has 2 unspecified atom stereocenters. The van der Waals surface area contributed by atoms with Crippen LogP contribution in [0.3, 0.4) is 0 Å². The molecule has 1 aliphatic carbocycles. The first-order chi connectivity index (χ1) is 16.4. The number of ether oxygens (including phenoxy) is 1. The van der Waals surface area contributed by atoms with Gasteiger partial charge in [-0.2, -0.15) is 4.31 Å². The highest BCUT2D eigenvalue weighted by molar-refractivity contribution is 7.89. The first kappa shape index (κ1) is 22.6. The van der Waals surface area contributed by atoms with Crippen LogP contribution in [0.15, 0.2) is 60.0 Å². The van der Waals surface area contributed by atoms with E-state index in [9.17, 15) is 18.0 Å². The number of hydrogen-bond acceptors (Lipinski definition) is 5. The Bertz CT molecular complexity index is 1230. The van der Waals surface area contributed by atoms with E-state index < -0.39 is 10.0 Å². The van der Waals surface area contributed by atoms with E-state index in [-0.39, 0.29) is 34.6 Å². The average molecular weight is 482 g/mol. The number of fused-ring (bicyclic) bond motifs is 2. The molecule has 1 saturated carbocycles. The largest absolute Gasteiger partial charge is 0.493 e. The lowest BCUT2D eigenvalue weighted by Gasteiger charge is -2.20. The minimum absolute atomic E-state index is 0.0199. The second kappa shape index (κ2) is 8.88. The molecule has 8 nitrogen and oxygen atoms in total. The van der Waals surface area contributed by atoms with Crippen molar-refractivity contribution in [2.75, 3.05) is 26.2 Å². The zero-order valence-electron chi connectivity index (χ0n) is 18.7. The van der Waals surface area contributed by atoms with Gasteiger partial charge in [0.05, 0.1) is 11.5 Å². The van der Waals surface area contributed by atoms with Gasteiger partial charge in [-0.05, 0) is 59.7 Å². The maximum absolute atomic E-state index is 13.0. The number of sulfonamides is 1. The molecule has 2 aromatic rings. The van der Waals surface area contributed by atoms with E-state index >= 15 is 0 Å². The van der Waals surface area contributed by atoms with Crippen LogP contribution in [0, 0.1) is 11.8 Å². The predicted octanol–water partition coefficient (Wildman–Crippen LogP) is 1.52. The van der Waals surface area contributed by atoms with Crippen molar-refractivity contribution < 1.29 is 22.7 Å². The molecule has 2 amide bonds. The van der Waals surface area contributed by atoms with Crippen molar-refractivity contribution in [3.8, 4) is 5.75 Å². The quantitative estimate of drug-likeness (QED) is 0.557. The summed E-state index contributed by atoms with van der Waals surface area (Å²) in [7, 11) is -3.65. The molecule has 178 valence electrons. The van der Waals surface area contributed by atoms with E-state index in [1.54, 1.807) is 0 Å². The zero-order chi connectivity index (χ0) is 23.9. The molecule has 0 spiro atoms. The van der Waals surface area contributed by atoms with Gasteiger partial charge < -0.3 is 15.4 Å². The molecule has 0 radical (unpaired) electrons. The lowest BCUT2D eigenvalue weighted by atomic mass is 10.1. The van der Waals surface area contributed by atoms with Crippen LogP contribution in [0.4, 0.5) is 0 Å². The van der Waals surface area contributed by atoms with Gasteiger partial charge in [-0.3, -0.25) is 9.59 Å². The van der Waals surface area contributed by atoms with Crippen LogP contribution in [-0.2, 0) is 27.7 Å². The molecule has 0 aromatic heterocycles. The number of benzene rings is 2.